The van der Waals surface area contributed by atoms with Crippen LogP contribution in [0.5, 0.6) is 0 Å². The number of anilines is 1. The van der Waals surface area contributed by atoms with Gasteiger partial charge in [0.25, 0.3) is 5.69 Å². The molecule has 0 spiro atoms. The van der Waals surface area contributed by atoms with Crippen LogP contribution in [-0.2, 0) is 16.0 Å². The topological polar surface area (TPSA) is 112 Å². The summed E-state index contributed by atoms with van der Waals surface area (Å²) in [4.78, 5) is 33.4. The fourth-order valence-electron chi connectivity index (χ4n) is 2.27. The van der Waals surface area contributed by atoms with Crippen LogP contribution in [-0.4, -0.2) is 16.8 Å². The number of rotatable bonds is 7. The first kappa shape index (κ1) is 18.4. The Labute approximate surface area is 148 Å². The fraction of sp³-hybridized carbons (Fsp3) is 0.176. The van der Waals surface area contributed by atoms with Gasteiger partial charge in [0.1, 0.15) is 0 Å². The first-order valence-electron chi connectivity index (χ1n) is 7.35. The normalized spacial score (nSPS) is 11.6. The second-order valence-corrected chi connectivity index (χ2v) is 5.83. The highest BCUT2D eigenvalue weighted by atomic mass is 35.5. The zero-order valence-corrected chi connectivity index (χ0v) is 13.7. The Morgan fingerprint density at radius 3 is 2.20 bits per heavy atom. The lowest BCUT2D eigenvalue weighted by molar-refractivity contribution is -0.384. The Morgan fingerprint density at radius 2 is 1.68 bits per heavy atom. The van der Waals surface area contributed by atoms with Gasteiger partial charge in [-0.1, -0.05) is 23.7 Å². The number of hydrogen-bond donors (Lipinski definition) is 1. The van der Waals surface area contributed by atoms with Gasteiger partial charge in [-0.25, -0.2) is 0 Å². The van der Waals surface area contributed by atoms with Crippen molar-refractivity contribution in [2.75, 3.05) is 5.32 Å². The first-order valence-corrected chi connectivity index (χ1v) is 7.72. The number of amides is 1. The molecule has 1 N–H and O–H groups in total. The van der Waals surface area contributed by atoms with E-state index in [1.54, 1.807) is 24.3 Å². The zero-order valence-electron chi connectivity index (χ0n) is 13.0. The van der Waals surface area contributed by atoms with Crippen molar-refractivity contribution in [1.82, 2.24) is 0 Å². The van der Waals surface area contributed by atoms with Crippen LogP contribution < -0.4 is 10.4 Å². The van der Waals surface area contributed by atoms with Crippen LogP contribution in [0.15, 0.2) is 48.5 Å². The Morgan fingerprint density at radius 1 is 1.08 bits per heavy atom. The van der Waals surface area contributed by atoms with Gasteiger partial charge in [0.15, 0.2) is 0 Å². The number of nitrogens with one attached hydrogen (secondary N) is 1. The number of benzene rings is 2. The molecule has 0 aliphatic rings. The third-order valence-electron chi connectivity index (χ3n) is 3.52. The molecule has 0 heterocycles. The van der Waals surface area contributed by atoms with E-state index in [9.17, 15) is 24.8 Å². The quantitative estimate of drug-likeness (QED) is 0.600. The fourth-order valence-corrected chi connectivity index (χ4v) is 2.40. The summed E-state index contributed by atoms with van der Waals surface area (Å²) >= 11 is 5.81. The minimum absolute atomic E-state index is 0.106. The van der Waals surface area contributed by atoms with Gasteiger partial charge in [-0.2, -0.15) is 0 Å². The number of carbonyl (C=O) groups is 2. The average Bonchev–Trinajstić information content (AvgIpc) is 2.56. The number of aliphatic carboxylic acids is 1. The maximum Gasteiger partial charge on any atom is 0.269 e. The van der Waals surface area contributed by atoms with E-state index in [-0.39, 0.29) is 12.1 Å². The Bertz CT molecular complexity index is 775. The summed E-state index contributed by atoms with van der Waals surface area (Å²) < 4.78 is 0. The number of nitro groups is 1. The number of hydrogen-bond acceptors (Lipinski definition) is 5. The Balaban J connectivity index is 2.10. The molecule has 25 heavy (non-hydrogen) atoms. The molecule has 2 rings (SSSR count). The maximum absolute atomic E-state index is 12.4. The molecule has 2 aromatic carbocycles. The van der Waals surface area contributed by atoms with Gasteiger partial charge < -0.3 is 15.2 Å². The molecule has 0 unspecified atom stereocenters. The van der Waals surface area contributed by atoms with Gasteiger partial charge in [0.2, 0.25) is 5.91 Å². The summed E-state index contributed by atoms with van der Waals surface area (Å²) in [7, 11) is 0. The van der Waals surface area contributed by atoms with E-state index in [4.69, 9.17) is 11.6 Å². The van der Waals surface area contributed by atoms with Crippen LogP contribution >= 0.6 is 11.6 Å². The SMILES string of the molecule is O=C([O-])C[C@H](Cc1ccc(Cl)cc1)C(=O)Nc1ccc([N+](=O)[O-])cc1. The smallest absolute Gasteiger partial charge is 0.269 e. The molecule has 1 atom stereocenters. The maximum atomic E-state index is 12.4. The molecule has 0 radical (unpaired) electrons. The number of nitrogens with zero attached hydrogens (tertiary/aromatic N) is 1. The number of carboxylic acid groups (broad SMARTS) is 1. The number of carboxylic acids is 1. The minimum Gasteiger partial charge on any atom is -0.550 e. The van der Waals surface area contributed by atoms with Gasteiger partial charge in [0.05, 0.1) is 4.92 Å². The first-order chi connectivity index (χ1) is 11.8. The molecule has 130 valence electrons. The summed E-state index contributed by atoms with van der Waals surface area (Å²) in [6.45, 7) is 0. The number of nitro benzene ring substituents is 1. The van der Waals surface area contributed by atoms with Crippen molar-refractivity contribution >= 4 is 34.9 Å². The van der Waals surface area contributed by atoms with Gasteiger partial charge in [0, 0.05) is 34.7 Å². The van der Waals surface area contributed by atoms with Gasteiger partial charge in [-0.3, -0.25) is 14.9 Å². The van der Waals surface area contributed by atoms with Gasteiger partial charge >= 0.3 is 0 Å². The molecule has 2 aromatic rings. The van der Waals surface area contributed by atoms with Crippen molar-refractivity contribution in [2.45, 2.75) is 12.8 Å². The number of non-ortho nitro benzene ring substituents is 1. The van der Waals surface area contributed by atoms with Crippen molar-refractivity contribution in [2.24, 2.45) is 5.92 Å². The third-order valence-corrected chi connectivity index (χ3v) is 3.78. The van der Waals surface area contributed by atoms with E-state index in [2.05, 4.69) is 5.32 Å². The molecule has 7 nitrogen and oxygen atoms in total. The molecule has 1 amide bonds. The lowest BCUT2D eigenvalue weighted by Crippen LogP contribution is -2.32. The number of carbonyl (C=O) groups excluding carboxylic acids is 2. The van der Waals surface area contributed by atoms with Gasteiger partial charge in [-0.15, -0.1) is 0 Å². The highest BCUT2D eigenvalue weighted by Gasteiger charge is 2.20. The molecule has 0 saturated heterocycles. The third kappa shape index (κ3) is 5.58. The highest BCUT2D eigenvalue weighted by molar-refractivity contribution is 6.30. The zero-order chi connectivity index (χ0) is 18.4. The van der Waals surface area contributed by atoms with Crippen LogP contribution in [0.3, 0.4) is 0 Å². The largest absolute Gasteiger partial charge is 0.550 e. The summed E-state index contributed by atoms with van der Waals surface area (Å²) in [5.74, 6) is -2.69. The summed E-state index contributed by atoms with van der Waals surface area (Å²) in [5, 5.41) is 24.7. The molecule has 8 heteroatoms. The average molecular weight is 362 g/mol. The lowest BCUT2D eigenvalue weighted by Gasteiger charge is -2.17. The molecule has 0 saturated carbocycles. The van der Waals surface area contributed by atoms with Crippen molar-refractivity contribution in [1.29, 1.82) is 0 Å². The summed E-state index contributed by atoms with van der Waals surface area (Å²) in [5.41, 5.74) is 0.995. The van der Waals surface area contributed by atoms with Gasteiger partial charge in [-0.05, 0) is 42.7 Å². The van der Waals surface area contributed by atoms with E-state index in [1.807, 2.05) is 0 Å². The summed E-state index contributed by atoms with van der Waals surface area (Å²) in [6.07, 6.45) is -0.245. The molecule has 0 aliphatic carbocycles. The molecular weight excluding hydrogens is 348 g/mol. The number of halogens is 1. The second-order valence-electron chi connectivity index (χ2n) is 5.40. The van der Waals surface area contributed by atoms with Crippen LogP contribution in [0.4, 0.5) is 11.4 Å². The van der Waals surface area contributed by atoms with Crippen molar-refractivity contribution < 1.29 is 19.6 Å². The predicted octanol–water partition coefficient (Wildman–Crippen LogP) is 2.19. The van der Waals surface area contributed by atoms with E-state index >= 15 is 0 Å². The van der Waals surface area contributed by atoms with E-state index in [0.717, 1.165) is 5.56 Å². The molecule has 0 fully saturated rings. The molecule has 0 aromatic heterocycles. The second kappa shape index (κ2) is 8.25. The van der Waals surface area contributed by atoms with Crippen molar-refractivity contribution in [3.63, 3.8) is 0 Å². The predicted molar refractivity (Wildman–Crippen MR) is 90.0 cm³/mol. The summed E-state index contributed by atoms with van der Waals surface area (Å²) in [6, 6.07) is 12.0. The van der Waals surface area contributed by atoms with Crippen molar-refractivity contribution in [3.8, 4) is 0 Å². The monoisotopic (exact) mass is 361 g/mol. The molecular formula is C17H14ClN2O5-. The molecule has 0 aliphatic heterocycles. The van der Waals surface area contributed by atoms with Crippen LogP contribution in [0.1, 0.15) is 12.0 Å². The Kier molecular flexibility index (Phi) is 6.08. The lowest BCUT2D eigenvalue weighted by atomic mass is 9.95. The molecule has 0 bridgehead atoms. The van der Waals surface area contributed by atoms with Crippen molar-refractivity contribution in [3.05, 3.63) is 69.2 Å². The highest BCUT2D eigenvalue weighted by Crippen LogP contribution is 2.19. The Hall–Kier alpha value is -2.93. The van der Waals surface area contributed by atoms with Crippen LogP contribution in [0.2, 0.25) is 5.02 Å². The minimum atomic E-state index is -1.34. The van der Waals surface area contributed by atoms with E-state index in [0.29, 0.717) is 10.7 Å². The van der Waals surface area contributed by atoms with E-state index < -0.39 is 29.1 Å². The van der Waals surface area contributed by atoms with Crippen LogP contribution in [0, 0.1) is 16.0 Å². The van der Waals surface area contributed by atoms with Crippen LogP contribution in [0.25, 0.3) is 0 Å². The van der Waals surface area contributed by atoms with E-state index in [1.165, 1.54) is 24.3 Å². The standard InChI is InChI=1S/C17H15ClN2O5/c18-13-3-1-11(2-4-13)9-12(10-16(21)22)17(23)19-14-5-7-15(8-6-14)20(24)25/h1-8,12H,9-10H2,(H,19,23)(H,21,22)/p-1/t12-/m0/s1.